The van der Waals surface area contributed by atoms with Crippen LogP contribution in [0, 0.1) is 6.92 Å². The molecule has 2 heteroatoms. The SMILES string of the molecule is Cc1ccc(-c2ccc(C(C)F)nc2)cc1. The van der Waals surface area contributed by atoms with Gasteiger partial charge in [0.2, 0.25) is 0 Å². The van der Waals surface area contributed by atoms with Crippen LogP contribution < -0.4 is 0 Å². The fraction of sp³-hybridized carbons (Fsp3) is 0.214. The summed E-state index contributed by atoms with van der Waals surface area (Å²) < 4.78 is 13.0. The number of benzene rings is 1. The maximum Gasteiger partial charge on any atom is 0.139 e. The Hall–Kier alpha value is -1.70. The van der Waals surface area contributed by atoms with Crippen molar-refractivity contribution in [3.8, 4) is 11.1 Å². The molecule has 0 saturated carbocycles. The van der Waals surface area contributed by atoms with Gasteiger partial charge in [0, 0.05) is 11.8 Å². The summed E-state index contributed by atoms with van der Waals surface area (Å²) in [4.78, 5) is 4.10. The number of hydrogen-bond acceptors (Lipinski definition) is 1. The largest absolute Gasteiger partial charge is 0.258 e. The molecule has 0 spiro atoms. The smallest absolute Gasteiger partial charge is 0.139 e. The number of rotatable bonds is 2. The van der Waals surface area contributed by atoms with E-state index in [1.165, 1.54) is 12.5 Å². The lowest BCUT2D eigenvalue weighted by molar-refractivity contribution is 0.366. The van der Waals surface area contributed by atoms with Crippen LogP contribution in [-0.4, -0.2) is 4.98 Å². The predicted molar refractivity (Wildman–Crippen MR) is 63.9 cm³/mol. The molecule has 82 valence electrons. The molecule has 0 aliphatic carbocycles. The molecule has 1 aromatic carbocycles. The molecule has 0 aliphatic heterocycles. The van der Waals surface area contributed by atoms with Gasteiger partial charge < -0.3 is 0 Å². The summed E-state index contributed by atoms with van der Waals surface area (Å²) in [6, 6.07) is 11.8. The number of aryl methyl sites for hydroxylation is 1. The molecule has 0 fully saturated rings. The molecule has 1 nitrogen and oxygen atoms in total. The minimum Gasteiger partial charge on any atom is -0.258 e. The van der Waals surface area contributed by atoms with Crippen LogP contribution in [0.15, 0.2) is 42.6 Å². The Balaban J connectivity index is 2.31. The van der Waals surface area contributed by atoms with Crippen molar-refractivity contribution < 1.29 is 4.39 Å². The van der Waals surface area contributed by atoms with Gasteiger partial charge in [-0.2, -0.15) is 0 Å². The van der Waals surface area contributed by atoms with Crippen molar-refractivity contribution >= 4 is 0 Å². The Morgan fingerprint density at radius 2 is 1.62 bits per heavy atom. The quantitative estimate of drug-likeness (QED) is 0.735. The summed E-state index contributed by atoms with van der Waals surface area (Å²) in [7, 11) is 0. The third kappa shape index (κ3) is 2.27. The van der Waals surface area contributed by atoms with Crippen LogP contribution >= 0.6 is 0 Å². The van der Waals surface area contributed by atoms with E-state index in [2.05, 4.69) is 24.0 Å². The zero-order valence-corrected chi connectivity index (χ0v) is 9.44. The second-order valence-corrected chi connectivity index (χ2v) is 3.95. The van der Waals surface area contributed by atoms with E-state index >= 15 is 0 Å². The zero-order chi connectivity index (χ0) is 11.5. The zero-order valence-electron chi connectivity index (χ0n) is 9.44. The van der Waals surface area contributed by atoms with Crippen LogP contribution in [0.1, 0.15) is 24.4 Å². The molecule has 1 heterocycles. The molecule has 0 N–H and O–H groups in total. The highest BCUT2D eigenvalue weighted by Crippen LogP contribution is 2.21. The second kappa shape index (κ2) is 4.44. The average Bonchev–Trinajstić information content (AvgIpc) is 2.30. The summed E-state index contributed by atoms with van der Waals surface area (Å²) >= 11 is 0. The number of nitrogens with zero attached hydrogens (tertiary/aromatic N) is 1. The van der Waals surface area contributed by atoms with Gasteiger partial charge in [0.25, 0.3) is 0 Å². The van der Waals surface area contributed by atoms with E-state index in [4.69, 9.17) is 0 Å². The molecule has 2 aromatic rings. The van der Waals surface area contributed by atoms with Crippen LogP contribution in [0.4, 0.5) is 4.39 Å². The van der Waals surface area contributed by atoms with E-state index in [1.807, 2.05) is 18.2 Å². The van der Waals surface area contributed by atoms with E-state index in [0.717, 1.165) is 11.1 Å². The molecule has 1 aromatic heterocycles. The molecule has 0 amide bonds. The van der Waals surface area contributed by atoms with E-state index in [-0.39, 0.29) is 0 Å². The number of pyridine rings is 1. The van der Waals surface area contributed by atoms with Gasteiger partial charge in [-0.15, -0.1) is 0 Å². The molecule has 1 atom stereocenters. The highest BCUT2D eigenvalue weighted by Gasteiger charge is 2.04. The normalized spacial score (nSPS) is 12.4. The third-order valence-corrected chi connectivity index (χ3v) is 2.58. The summed E-state index contributed by atoms with van der Waals surface area (Å²) in [5.74, 6) is 0. The van der Waals surface area contributed by atoms with Crippen LogP contribution in [-0.2, 0) is 0 Å². The maximum absolute atomic E-state index is 13.0. The summed E-state index contributed by atoms with van der Waals surface area (Å²) in [5.41, 5.74) is 3.84. The lowest BCUT2D eigenvalue weighted by Crippen LogP contribution is -1.90. The first-order valence-corrected chi connectivity index (χ1v) is 5.34. The lowest BCUT2D eigenvalue weighted by atomic mass is 10.1. The Bertz CT molecular complexity index is 457. The van der Waals surface area contributed by atoms with Crippen LogP contribution in [0.5, 0.6) is 0 Å². The van der Waals surface area contributed by atoms with Crippen molar-refractivity contribution in [2.75, 3.05) is 0 Å². The Labute approximate surface area is 95.0 Å². The fourth-order valence-electron chi connectivity index (χ4n) is 1.56. The lowest BCUT2D eigenvalue weighted by Gasteiger charge is -2.04. The van der Waals surface area contributed by atoms with Gasteiger partial charge >= 0.3 is 0 Å². The first kappa shape index (κ1) is 10.8. The number of alkyl halides is 1. The van der Waals surface area contributed by atoms with Crippen molar-refractivity contribution in [3.63, 3.8) is 0 Å². The number of hydrogen-bond donors (Lipinski definition) is 0. The highest BCUT2D eigenvalue weighted by molar-refractivity contribution is 5.62. The van der Waals surface area contributed by atoms with E-state index in [0.29, 0.717) is 5.69 Å². The third-order valence-electron chi connectivity index (χ3n) is 2.58. The average molecular weight is 215 g/mol. The van der Waals surface area contributed by atoms with Gasteiger partial charge in [-0.05, 0) is 25.5 Å². The van der Waals surface area contributed by atoms with E-state index in [1.54, 1.807) is 12.3 Å². The Morgan fingerprint density at radius 3 is 2.12 bits per heavy atom. The van der Waals surface area contributed by atoms with E-state index < -0.39 is 6.17 Å². The first-order valence-electron chi connectivity index (χ1n) is 5.34. The Kier molecular flexibility index (Phi) is 3.00. The van der Waals surface area contributed by atoms with Crippen molar-refractivity contribution in [2.24, 2.45) is 0 Å². The second-order valence-electron chi connectivity index (χ2n) is 3.95. The van der Waals surface area contributed by atoms with Gasteiger partial charge in [-0.25, -0.2) is 4.39 Å². The predicted octanol–water partition coefficient (Wildman–Crippen LogP) is 4.09. The molecule has 0 radical (unpaired) electrons. The summed E-state index contributed by atoms with van der Waals surface area (Å²) in [6.07, 6.45) is 0.711. The van der Waals surface area contributed by atoms with Crippen molar-refractivity contribution in [3.05, 3.63) is 53.9 Å². The van der Waals surface area contributed by atoms with Crippen molar-refractivity contribution in [1.82, 2.24) is 4.98 Å². The molecule has 1 unspecified atom stereocenters. The number of aromatic nitrogens is 1. The highest BCUT2D eigenvalue weighted by atomic mass is 19.1. The van der Waals surface area contributed by atoms with Gasteiger partial charge in [0.1, 0.15) is 6.17 Å². The van der Waals surface area contributed by atoms with Gasteiger partial charge in [-0.3, -0.25) is 4.98 Å². The van der Waals surface area contributed by atoms with Crippen LogP contribution in [0.2, 0.25) is 0 Å². The minimum absolute atomic E-state index is 0.482. The summed E-state index contributed by atoms with van der Waals surface area (Å²) in [6.45, 7) is 3.55. The van der Waals surface area contributed by atoms with Crippen molar-refractivity contribution in [1.29, 1.82) is 0 Å². The summed E-state index contributed by atoms with van der Waals surface area (Å²) in [5, 5.41) is 0. The van der Waals surface area contributed by atoms with E-state index in [9.17, 15) is 4.39 Å². The first-order chi connectivity index (χ1) is 7.66. The standard InChI is InChI=1S/C14H14FN/c1-10-3-5-12(6-4-10)13-7-8-14(11(2)15)16-9-13/h3-9,11H,1-2H3. The monoisotopic (exact) mass is 215 g/mol. The molecule has 16 heavy (non-hydrogen) atoms. The molecular weight excluding hydrogens is 201 g/mol. The maximum atomic E-state index is 13.0. The molecular formula is C14H14FN. The minimum atomic E-state index is -1.01. The van der Waals surface area contributed by atoms with Gasteiger partial charge in [0.15, 0.2) is 0 Å². The molecule has 0 bridgehead atoms. The topological polar surface area (TPSA) is 12.9 Å². The van der Waals surface area contributed by atoms with Crippen molar-refractivity contribution in [2.45, 2.75) is 20.0 Å². The molecule has 0 saturated heterocycles. The van der Waals surface area contributed by atoms with Crippen LogP contribution in [0.25, 0.3) is 11.1 Å². The molecule has 0 aliphatic rings. The Morgan fingerprint density at radius 1 is 1.00 bits per heavy atom. The fourth-order valence-corrected chi connectivity index (χ4v) is 1.56. The number of halogens is 1. The van der Waals surface area contributed by atoms with Gasteiger partial charge in [-0.1, -0.05) is 35.9 Å². The molecule has 2 rings (SSSR count). The van der Waals surface area contributed by atoms with Gasteiger partial charge in [0.05, 0.1) is 5.69 Å². The van der Waals surface area contributed by atoms with Crippen LogP contribution in [0.3, 0.4) is 0 Å².